The van der Waals surface area contributed by atoms with Crippen molar-refractivity contribution >= 4 is 17.4 Å². The summed E-state index contributed by atoms with van der Waals surface area (Å²) < 4.78 is 0. The molecule has 1 aliphatic heterocycles. The maximum Gasteiger partial charge on any atom is 0.264 e. The number of para-hydroxylation sites is 1. The molecule has 1 atom stereocenters. The summed E-state index contributed by atoms with van der Waals surface area (Å²) in [6.07, 6.45) is 1.35. The van der Waals surface area contributed by atoms with Crippen LogP contribution in [0.3, 0.4) is 0 Å². The quantitative estimate of drug-likeness (QED) is 0.569. The number of carbonyl (C=O) groups is 2. The first-order valence-corrected chi connectivity index (χ1v) is 10.7. The second kappa shape index (κ2) is 8.48. The predicted molar refractivity (Wildman–Crippen MR) is 122 cm³/mol. The number of hydrogen-bond donors (Lipinski definition) is 1. The van der Waals surface area contributed by atoms with Crippen LogP contribution in [0.5, 0.6) is 0 Å². The lowest BCUT2D eigenvalue weighted by Gasteiger charge is -2.23. The highest BCUT2D eigenvalue weighted by atomic mass is 16.3. The van der Waals surface area contributed by atoms with Crippen LogP contribution in [0.1, 0.15) is 45.5 Å². The molecule has 0 unspecified atom stereocenters. The minimum atomic E-state index is -1.84. The molecule has 158 valence electrons. The Morgan fingerprint density at radius 2 is 1.68 bits per heavy atom. The first-order chi connectivity index (χ1) is 14.9. The van der Waals surface area contributed by atoms with E-state index in [4.69, 9.17) is 0 Å². The molecular weight excluding hydrogens is 386 g/mol. The minimum absolute atomic E-state index is 0.224. The van der Waals surface area contributed by atoms with E-state index < -0.39 is 11.5 Å². The van der Waals surface area contributed by atoms with Crippen LogP contribution in [0.15, 0.2) is 72.8 Å². The zero-order chi connectivity index (χ0) is 22.0. The van der Waals surface area contributed by atoms with E-state index in [-0.39, 0.29) is 12.2 Å². The van der Waals surface area contributed by atoms with Gasteiger partial charge in [0.25, 0.3) is 5.91 Å². The molecule has 0 saturated heterocycles. The maximum absolute atomic E-state index is 13.4. The Bertz CT molecular complexity index is 1120. The number of anilines is 1. The second-order valence-electron chi connectivity index (χ2n) is 8.34. The van der Waals surface area contributed by atoms with Gasteiger partial charge in [-0.05, 0) is 49.9 Å². The number of ketones is 1. The smallest absolute Gasteiger partial charge is 0.264 e. The topological polar surface area (TPSA) is 57.6 Å². The Morgan fingerprint density at radius 1 is 0.968 bits per heavy atom. The third kappa shape index (κ3) is 4.04. The van der Waals surface area contributed by atoms with E-state index in [1.807, 2.05) is 62.4 Å². The summed E-state index contributed by atoms with van der Waals surface area (Å²) in [5.74, 6) is -0.640. The first kappa shape index (κ1) is 21.0. The minimum Gasteiger partial charge on any atom is -0.375 e. The molecule has 0 radical (unpaired) electrons. The number of aryl methyl sites for hydroxylation is 3. The van der Waals surface area contributed by atoms with E-state index in [1.165, 1.54) is 5.56 Å². The summed E-state index contributed by atoms with van der Waals surface area (Å²) in [4.78, 5) is 28.1. The van der Waals surface area contributed by atoms with Crippen LogP contribution < -0.4 is 4.90 Å². The van der Waals surface area contributed by atoms with Crippen molar-refractivity contribution in [1.82, 2.24) is 0 Å². The molecule has 0 spiro atoms. The summed E-state index contributed by atoms with van der Waals surface area (Å²) in [7, 11) is 0. The van der Waals surface area contributed by atoms with E-state index in [9.17, 15) is 14.7 Å². The molecule has 4 nitrogen and oxygen atoms in total. The molecule has 0 saturated carbocycles. The summed E-state index contributed by atoms with van der Waals surface area (Å²) in [6, 6.07) is 23.0. The molecule has 1 N–H and O–H groups in total. The van der Waals surface area contributed by atoms with Gasteiger partial charge < -0.3 is 10.0 Å². The molecule has 0 bridgehead atoms. The van der Waals surface area contributed by atoms with Crippen molar-refractivity contribution in [3.8, 4) is 0 Å². The monoisotopic (exact) mass is 413 g/mol. The van der Waals surface area contributed by atoms with Gasteiger partial charge in [0.2, 0.25) is 0 Å². The lowest BCUT2D eigenvalue weighted by atomic mass is 9.87. The zero-order valence-electron chi connectivity index (χ0n) is 18.0. The largest absolute Gasteiger partial charge is 0.375 e. The van der Waals surface area contributed by atoms with Crippen LogP contribution in [-0.4, -0.2) is 23.3 Å². The fraction of sp³-hybridized carbons (Fsp3) is 0.259. The third-order valence-electron chi connectivity index (χ3n) is 6.04. The van der Waals surface area contributed by atoms with Gasteiger partial charge in [-0.25, -0.2) is 0 Å². The van der Waals surface area contributed by atoms with Crippen LogP contribution in [0.4, 0.5) is 5.69 Å². The normalized spacial score (nSPS) is 17.6. The molecule has 4 heteroatoms. The van der Waals surface area contributed by atoms with E-state index in [1.54, 1.807) is 17.0 Å². The van der Waals surface area contributed by atoms with E-state index in [2.05, 4.69) is 12.1 Å². The standard InChI is InChI=1S/C27H27NO3/c1-19-14-15-20(2)22(17-19)25(29)18-27(31)23-12-6-7-13-24(23)28(26(27)30)16-8-11-21-9-4-3-5-10-21/h3-7,9-10,12-15,17,31H,8,11,16,18H2,1-2H3/t27-/m0/s1. The van der Waals surface area contributed by atoms with Gasteiger partial charge in [-0.15, -0.1) is 0 Å². The molecule has 1 amide bonds. The average Bonchev–Trinajstić information content (AvgIpc) is 2.98. The zero-order valence-corrected chi connectivity index (χ0v) is 18.0. The number of amides is 1. The summed E-state index contributed by atoms with van der Waals surface area (Å²) >= 11 is 0. The predicted octanol–water partition coefficient (Wildman–Crippen LogP) is 4.74. The van der Waals surface area contributed by atoms with E-state index in [0.29, 0.717) is 23.4 Å². The molecule has 4 rings (SSSR count). The van der Waals surface area contributed by atoms with Gasteiger partial charge in [0.1, 0.15) is 0 Å². The Morgan fingerprint density at radius 3 is 2.45 bits per heavy atom. The fourth-order valence-electron chi connectivity index (χ4n) is 4.35. The van der Waals surface area contributed by atoms with Gasteiger partial charge in [-0.3, -0.25) is 9.59 Å². The summed E-state index contributed by atoms with van der Waals surface area (Å²) in [6.45, 7) is 4.29. The van der Waals surface area contributed by atoms with Crippen LogP contribution >= 0.6 is 0 Å². The molecule has 1 heterocycles. The molecule has 0 fully saturated rings. The van der Waals surface area contributed by atoms with E-state index >= 15 is 0 Å². The summed E-state index contributed by atoms with van der Waals surface area (Å²) in [5.41, 5.74) is 2.95. The third-order valence-corrected chi connectivity index (χ3v) is 6.04. The molecule has 0 aromatic heterocycles. The molecular formula is C27H27NO3. The van der Waals surface area contributed by atoms with Gasteiger partial charge in [-0.2, -0.15) is 0 Å². The maximum atomic E-state index is 13.4. The second-order valence-corrected chi connectivity index (χ2v) is 8.34. The SMILES string of the molecule is Cc1ccc(C)c(C(=O)C[C@@]2(O)C(=O)N(CCCc3ccccc3)c3ccccc32)c1. The van der Waals surface area contributed by atoms with Crippen molar-refractivity contribution in [1.29, 1.82) is 0 Å². The van der Waals surface area contributed by atoms with Crippen molar-refractivity contribution in [2.45, 2.75) is 38.7 Å². The fourth-order valence-corrected chi connectivity index (χ4v) is 4.35. The van der Waals surface area contributed by atoms with Crippen molar-refractivity contribution in [3.05, 3.63) is 101 Å². The highest BCUT2D eigenvalue weighted by Gasteiger charge is 2.50. The molecule has 3 aromatic rings. The first-order valence-electron chi connectivity index (χ1n) is 10.7. The number of fused-ring (bicyclic) bond motifs is 1. The molecule has 1 aliphatic rings. The number of benzene rings is 3. The number of nitrogens with zero attached hydrogens (tertiary/aromatic N) is 1. The highest BCUT2D eigenvalue weighted by molar-refractivity contribution is 6.11. The van der Waals surface area contributed by atoms with Gasteiger partial charge >= 0.3 is 0 Å². The Labute approximate surface area is 183 Å². The van der Waals surface area contributed by atoms with Crippen LogP contribution in [0, 0.1) is 13.8 Å². The van der Waals surface area contributed by atoms with Crippen molar-refractivity contribution < 1.29 is 14.7 Å². The summed E-state index contributed by atoms with van der Waals surface area (Å²) in [5, 5.41) is 11.5. The number of carbonyl (C=O) groups excluding carboxylic acids is 2. The van der Waals surface area contributed by atoms with Gasteiger partial charge in [-0.1, -0.05) is 66.2 Å². The number of aliphatic hydroxyl groups is 1. The Hall–Kier alpha value is -3.24. The van der Waals surface area contributed by atoms with Crippen molar-refractivity contribution in [2.75, 3.05) is 11.4 Å². The Balaban J connectivity index is 1.57. The van der Waals surface area contributed by atoms with Crippen molar-refractivity contribution in [3.63, 3.8) is 0 Å². The molecule has 3 aromatic carbocycles. The van der Waals surface area contributed by atoms with Crippen molar-refractivity contribution in [2.24, 2.45) is 0 Å². The number of rotatable bonds is 7. The average molecular weight is 414 g/mol. The van der Waals surface area contributed by atoms with Gasteiger partial charge in [0.15, 0.2) is 11.4 Å². The lowest BCUT2D eigenvalue weighted by molar-refractivity contribution is -0.135. The number of hydrogen-bond acceptors (Lipinski definition) is 3. The van der Waals surface area contributed by atoms with Crippen LogP contribution in [0.25, 0.3) is 0 Å². The molecule has 0 aliphatic carbocycles. The lowest BCUT2D eigenvalue weighted by Crippen LogP contribution is -2.42. The highest BCUT2D eigenvalue weighted by Crippen LogP contribution is 2.43. The van der Waals surface area contributed by atoms with Crippen LogP contribution in [-0.2, 0) is 16.8 Å². The van der Waals surface area contributed by atoms with Crippen LogP contribution in [0.2, 0.25) is 0 Å². The number of Topliss-reactive ketones (excluding diaryl/α,β-unsaturated/α-hetero) is 1. The van der Waals surface area contributed by atoms with Gasteiger partial charge in [0, 0.05) is 17.7 Å². The molecule has 31 heavy (non-hydrogen) atoms. The van der Waals surface area contributed by atoms with Gasteiger partial charge in [0.05, 0.1) is 12.1 Å². The Kier molecular flexibility index (Phi) is 5.75. The van der Waals surface area contributed by atoms with E-state index in [0.717, 1.165) is 24.0 Å².